The van der Waals surface area contributed by atoms with Crippen molar-refractivity contribution in [3.63, 3.8) is 0 Å². The highest BCUT2D eigenvalue weighted by Gasteiger charge is 2.32. The van der Waals surface area contributed by atoms with E-state index >= 15 is 0 Å². The van der Waals surface area contributed by atoms with Gasteiger partial charge in [-0.15, -0.1) is 0 Å². The van der Waals surface area contributed by atoms with Crippen LogP contribution in [0.1, 0.15) is 12.5 Å². The fourth-order valence-electron chi connectivity index (χ4n) is 4.14. The minimum Gasteiger partial charge on any atom is -0.379 e. The molecule has 3 heterocycles. The van der Waals surface area contributed by atoms with Gasteiger partial charge in [0.1, 0.15) is 0 Å². The lowest BCUT2D eigenvalue weighted by Crippen LogP contribution is -2.47. The van der Waals surface area contributed by atoms with Crippen molar-refractivity contribution in [1.29, 1.82) is 0 Å². The standard InChI is InChI=1S/C21H28N4O2/c1-15-5-6-19(17-4-3-7-22-21(15)17)25-12-16(2)18(13-25)23-20(26)14-24-8-10-27-11-9-24/h3-7,16,18H,8-14H2,1-2H3,(H,23,26)/t16-,18+/m1/s1. The van der Waals surface area contributed by atoms with Gasteiger partial charge in [-0.05, 0) is 36.6 Å². The molecule has 6 heteroatoms. The van der Waals surface area contributed by atoms with E-state index < -0.39 is 0 Å². The van der Waals surface area contributed by atoms with E-state index in [0.717, 1.165) is 44.9 Å². The van der Waals surface area contributed by atoms with Gasteiger partial charge in [0.05, 0.1) is 31.3 Å². The molecule has 1 amide bonds. The lowest BCUT2D eigenvalue weighted by molar-refractivity contribution is -0.124. The Balaban J connectivity index is 1.44. The topological polar surface area (TPSA) is 57.7 Å². The zero-order valence-electron chi connectivity index (χ0n) is 16.1. The van der Waals surface area contributed by atoms with E-state index in [4.69, 9.17) is 4.74 Å². The number of amides is 1. The van der Waals surface area contributed by atoms with Crippen molar-refractivity contribution < 1.29 is 9.53 Å². The van der Waals surface area contributed by atoms with E-state index in [1.807, 2.05) is 12.3 Å². The van der Waals surface area contributed by atoms with Crippen molar-refractivity contribution in [2.24, 2.45) is 5.92 Å². The number of carbonyl (C=O) groups excluding carboxylic acids is 1. The van der Waals surface area contributed by atoms with Crippen molar-refractivity contribution in [1.82, 2.24) is 15.2 Å². The van der Waals surface area contributed by atoms with Crippen LogP contribution in [0.3, 0.4) is 0 Å². The highest BCUT2D eigenvalue weighted by atomic mass is 16.5. The number of nitrogens with zero attached hydrogens (tertiary/aromatic N) is 3. The Bertz CT molecular complexity index is 819. The first kappa shape index (κ1) is 18.2. The highest BCUT2D eigenvalue weighted by molar-refractivity contribution is 5.94. The van der Waals surface area contributed by atoms with Gasteiger partial charge in [0.2, 0.25) is 5.91 Å². The summed E-state index contributed by atoms with van der Waals surface area (Å²) in [5.41, 5.74) is 3.46. The molecule has 2 aromatic rings. The number of anilines is 1. The summed E-state index contributed by atoms with van der Waals surface area (Å²) in [7, 11) is 0. The summed E-state index contributed by atoms with van der Waals surface area (Å²) in [6.45, 7) is 9.66. The molecule has 0 saturated carbocycles. The minimum absolute atomic E-state index is 0.117. The lowest BCUT2D eigenvalue weighted by Gasteiger charge is -2.27. The van der Waals surface area contributed by atoms with Crippen LogP contribution in [0.25, 0.3) is 10.9 Å². The van der Waals surface area contributed by atoms with Crippen LogP contribution in [0.4, 0.5) is 5.69 Å². The number of carbonyl (C=O) groups is 1. The Morgan fingerprint density at radius 3 is 2.89 bits per heavy atom. The van der Waals surface area contributed by atoms with Crippen molar-refractivity contribution in [2.45, 2.75) is 19.9 Å². The van der Waals surface area contributed by atoms with Crippen molar-refractivity contribution >= 4 is 22.5 Å². The fourth-order valence-corrected chi connectivity index (χ4v) is 4.14. The molecule has 2 fully saturated rings. The van der Waals surface area contributed by atoms with Crippen LogP contribution < -0.4 is 10.2 Å². The third kappa shape index (κ3) is 3.92. The van der Waals surface area contributed by atoms with Gasteiger partial charge in [0.25, 0.3) is 0 Å². The maximum Gasteiger partial charge on any atom is 0.234 e. The summed E-state index contributed by atoms with van der Waals surface area (Å²) in [4.78, 5) is 21.6. The van der Waals surface area contributed by atoms with Crippen LogP contribution >= 0.6 is 0 Å². The highest BCUT2D eigenvalue weighted by Crippen LogP contribution is 2.31. The second-order valence-electron chi connectivity index (χ2n) is 7.75. The van der Waals surface area contributed by atoms with E-state index in [-0.39, 0.29) is 11.9 Å². The molecule has 0 bridgehead atoms. The van der Waals surface area contributed by atoms with Gasteiger partial charge in [-0.3, -0.25) is 14.7 Å². The Morgan fingerprint density at radius 2 is 2.07 bits per heavy atom. The third-order valence-corrected chi connectivity index (χ3v) is 5.72. The molecule has 0 radical (unpaired) electrons. The number of ether oxygens (including phenoxy) is 1. The van der Waals surface area contributed by atoms with Crippen LogP contribution in [0, 0.1) is 12.8 Å². The second-order valence-corrected chi connectivity index (χ2v) is 7.75. The number of fused-ring (bicyclic) bond motifs is 1. The molecule has 2 aliphatic heterocycles. The molecule has 144 valence electrons. The SMILES string of the molecule is Cc1ccc(N2C[C@@H](C)[C@@H](NC(=O)CN3CCOCC3)C2)c2cccnc12. The summed E-state index contributed by atoms with van der Waals surface area (Å²) in [6.07, 6.45) is 1.85. The predicted octanol–water partition coefficient (Wildman–Crippen LogP) is 1.82. The first-order valence-corrected chi connectivity index (χ1v) is 9.80. The Hall–Kier alpha value is -2.18. The van der Waals surface area contributed by atoms with Crippen molar-refractivity contribution in [2.75, 3.05) is 50.8 Å². The number of hydrogen-bond donors (Lipinski definition) is 1. The largest absolute Gasteiger partial charge is 0.379 e. The number of pyridine rings is 1. The number of morpholine rings is 1. The molecule has 2 atom stereocenters. The van der Waals surface area contributed by atoms with Gasteiger partial charge in [0.15, 0.2) is 0 Å². The van der Waals surface area contributed by atoms with E-state index in [1.54, 1.807) is 0 Å². The Morgan fingerprint density at radius 1 is 1.26 bits per heavy atom. The molecule has 0 unspecified atom stereocenters. The Kier molecular flexibility index (Phi) is 5.27. The second kappa shape index (κ2) is 7.82. The maximum atomic E-state index is 12.5. The number of benzene rings is 1. The molecule has 6 nitrogen and oxygen atoms in total. The molecule has 1 aromatic carbocycles. The van der Waals surface area contributed by atoms with Crippen LogP contribution in [0.5, 0.6) is 0 Å². The molecule has 0 aliphatic carbocycles. The van der Waals surface area contributed by atoms with E-state index in [1.165, 1.54) is 16.6 Å². The van der Waals surface area contributed by atoms with Gasteiger partial charge >= 0.3 is 0 Å². The molecule has 1 aromatic heterocycles. The monoisotopic (exact) mass is 368 g/mol. The fraction of sp³-hybridized carbons (Fsp3) is 0.524. The van der Waals surface area contributed by atoms with Gasteiger partial charge < -0.3 is 15.0 Å². The van der Waals surface area contributed by atoms with E-state index in [2.05, 4.69) is 52.1 Å². The van der Waals surface area contributed by atoms with Crippen LogP contribution in [0.15, 0.2) is 30.5 Å². The van der Waals surface area contributed by atoms with Crippen molar-refractivity contribution in [3.8, 4) is 0 Å². The minimum atomic E-state index is 0.117. The van der Waals surface area contributed by atoms with Gasteiger partial charge in [0, 0.05) is 43.4 Å². The third-order valence-electron chi connectivity index (χ3n) is 5.72. The van der Waals surface area contributed by atoms with Gasteiger partial charge in [-0.2, -0.15) is 0 Å². The van der Waals surface area contributed by atoms with E-state index in [0.29, 0.717) is 12.5 Å². The summed E-state index contributed by atoms with van der Waals surface area (Å²) in [5.74, 6) is 0.526. The maximum absolute atomic E-state index is 12.5. The number of rotatable bonds is 4. The molecule has 4 rings (SSSR count). The average molecular weight is 368 g/mol. The summed E-state index contributed by atoms with van der Waals surface area (Å²) in [5, 5.41) is 4.44. The lowest BCUT2D eigenvalue weighted by atomic mass is 10.1. The number of aromatic nitrogens is 1. The molecule has 2 aliphatic rings. The van der Waals surface area contributed by atoms with Gasteiger partial charge in [-0.1, -0.05) is 13.0 Å². The smallest absolute Gasteiger partial charge is 0.234 e. The number of hydrogen-bond acceptors (Lipinski definition) is 5. The molecule has 1 N–H and O–H groups in total. The number of aryl methyl sites for hydroxylation is 1. The summed E-state index contributed by atoms with van der Waals surface area (Å²) in [6, 6.07) is 8.63. The molecule has 0 spiro atoms. The van der Waals surface area contributed by atoms with Crippen molar-refractivity contribution in [3.05, 3.63) is 36.0 Å². The first-order chi connectivity index (χ1) is 13.1. The summed E-state index contributed by atoms with van der Waals surface area (Å²) < 4.78 is 5.35. The molecular formula is C21H28N4O2. The number of nitrogens with one attached hydrogen (secondary N) is 1. The van der Waals surface area contributed by atoms with Crippen LogP contribution in [-0.2, 0) is 9.53 Å². The zero-order valence-corrected chi connectivity index (χ0v) is 16.1. The normalized spacial score (nSPS) is 23.7. The predicted molar refractivity (Wildman–Crippen MR) is 107 cm³/mol. The molecule has 27 heavy (non-hydrogen) atoms. The quantitative estimate of drug-likeness (QED) is 0.892. The molecular weight excluding hydrogens is 340 g/mol. The zero-order chi connectivity index (χ0) is 18.8. The average Bonchev–Trinajstić information content (AvgIpc) is 3.03. The van der Waals surface area contributed by atoms with Crippen LogP contribution in [-0.4, -0.2) is 67.8 Å². The Labute approximate surface area is 160 Å². The first-order valence-electron chi connectivity index (χ1n) is 9.80. The van der Waals surface area contributed by atoms with Gasteiger partial charge in [-0.25, -0.2) is 0 Å². The van der Waals surface area contributed by atoms with E-state index in [9.17, 15) is 4.79 Å². The van der Waals surface area contributed by atoms with Crippen LogP contribution in [0.2, 0.25) is 0 Å². The summed E-state index contributed by atoms with van der Waals surface area (Å²) >= 11 is 0. The molecule has 2 saturated heterocycles.